The van der Waals surface area contributed by atoms with Gasteiger partial charge in [-0.2, -0.15) is 0 Å². The van der Waals surface area contributed by atoms with E-state index in [1.54, 1.807) is 0 Å². The Morgan fingerprint density at radius 2 is 1.60 bits per heavy atom. The lowest BCUT2D eigenvalue weighted by Gasteiger charge is -2.24. The molecule has 0 amide bonds. The fraction of sp³-hybridized carbons (Fsp3) is 0.684. The van der Waals surface area contributed by atoms with Gasteiger partial charge in [0, 0.05) is 6.54 Å². The maximum absolute atomic E-state index is 3.63. The lowest BCUT2D eigenvalue weighted by atomic mass is 9.84. The molecule has 1 aromatic carbocycles. The quantitative estimate of drug-likeness (QED) is 0.725. The van der Waals surface area contributed by atoms with E-state index in [9.17, 15) is 0 Å². The van der Waals surface area contributed by atoms with Crippen molar-refractivity contribution >= 4 is 0 Å². The van der Waals surface area contributed by atoms with E-state index in [4.69, 9.17) is 0 Å². The van der Waals surface area contributed by atoms with Crippen molar-refractivity contribution in [3.63, 3.8) is 0 Å². The van der Waals surface area contributed by atoms with E-state index in [-0.39, 0.29) is 0 Å². The zero-order valence-electron chi connectivity index (χ0n) is 14.3. The highest BCUT2D eigenvalue weighted by Crippen LogP contribution is 2.28. The summed E-state index contributed by atoms with van der Waals surface area (Å²) in [5.74, 6) is 1.35. The Morgan fingerprint density at radius 1 is 1.00 bits per heavy atom. The third-order valence-electron chi connectivity index (χ3n) is 3.73. The molecule has 0 spiro atoms. The molecule has 0 aliphatic rings. The number of rotatable bonds is 7. The molecule has 0 aliphatic heterocycles. The monoisotopic (exact) mass is 275 g/mol. The van der Waals surface area contributed by atoms with E-state index >= 15 is 0 Å². The van der Waals surface area contributed by atoms with Crippen LogP contribution in [0.2, 0.25) is 0 Å². The minimum Gasteiger partial charge on any atom is -0.316 e. The molecule has 0 fully saturated rings. The van der Waals surface area contributed by atoms with Crippen LogP contribution in [0.25, 0.3) is 0 Å². The summed E-state index contributed by atoms with van der Waals surface area (Å²) in [5, 5.41) is 3.63. The summed E-state index contributed by atoms with van der Waals surface area (Å²) in [4.78, 5) is 0. The van der Waals surface area contributed by atoms with Crippen molar-refractivity contribution in [1.29, 1.82) is 0 Å². The van der Waals surface area contributed by atoms with Gasteiger partial charge in [-0.25, -0.2) is 0 Å². The van der Waals surface area contributed by atoms with E-state index < -0.39 is 0 Å². The SMILES string of the molecule is Cc1ccc(C(CCC(C)(C)C)CNCC(C)C)cc1. The standard InChI is InChI=1S/C19H33N/c1-15(2)13-20-14-18(11-12-19(4,5)6)17-9-7-16(3)8-10-17/h7-10,15,18,20H,11-14H2,1-6H3. The Bertz CT molecular complexity index is 370. The molecule has 1 unspecified atom stereocenters. The van der Waals surface area contributed by atoms with Crippen molar-refractivity contribution in [3.05, 3.63) is 35.4 Å². The highest BCUT2D eigenvalue weighted by atomic mass is 14.9. The summed E-state index contributed by atoms with van der Waals surface area (Å²) in [5.41, 5.74) is 3.25. The predicted octanol–water partition coefficient (Wildman–Crippen LogP) is 5.15. The first-order chi connectivity index (χ1) is 9.28. The Morgan fingerprint density at radius 3 is 2.10 bits per heavy atom. The molecule has 1 aromatic rings. The fourth-order valence-corrected chi connectivity index (χ4v) is 2.38. The Hall–Kier alpha value is -0.820. The van der Waals surface area contributed by atoms with Gasteiger partial charge in [0.05, 0.1) is 0 Å². The van der Waals surface area contributed by atoms with Crippen molar-refractivity contribution < 1.29 is 0 Å². The van der Waals surface area contributed by atoms with E-state index in [1.165, 1.54) is 24.0 Å². The number of hydrogen-bond acceptors (Lipinski definition) is 1. The van der Waals surface area contributed by atoms with Crippen LogP contribution in [-0.2, 0) is 0 Å². The van der Waals surface area contributed by atoms with Gasteiger partial charge in [0.1, 0.15) is 0 Å². The fourth-order valence-electron chi connectivity index (χ4n) is 2.38. The second-order valence-corrected chi connectivity index (χ2v) is 7.76. The van der Waals surface area contributed by atoms with E-state index in [0.29, 0.717) is 11.3 Å². The van der Waals surface area contributed by atoms with Crippen LogP contribution in [0.15, 0.2) is 24.3 Å². The zero-order chi connectivity index (χ0) is 15.2. The summed E-state index contributed by atoms with van der Waals surface area (Å²) in [6.07, 6.45) is 2.53. The van der Waals surface area contributed by atoms with Crippen molar-refractivity contribution in [1.82, 2.24) is 5.32 Å². The van der Waals surface area contributed by atoms with Gasteiger partial charge < -0.3 is 5.32 Å². The molecule has 20 heavy (non-hydrogen) atoms. The Kier molecular flexibility index (Phi) is 6.75. The van der Waals surface area contributed by atoms with Gasteiger partial charge in [-0.1, -0.05) is 64.4 Å². The van der Waals surface area contributed by atoms with Crippen LogP contribution in [0.3, 0.4) is 0 Å². The van der Waals surface area contributed by atoms with E-state index in [2.05, 4.69) is 71.1 Å². The van der Waals surface area contributed by atoms with Crippen molar-refractivity contribution in [3.8, 4) is 0 Å². The number of benzene rings is 1. The number of hydrogen-bond donors (Lipinski definition) is 1. The normalized spacial score (nSPS) is 13.8. The minimum atomic E-state index is 0.418. The summed E-state index contributed by atoms with van der Waals surface area (Å²) >= 11 is 0. The van der Waals surface area contributed by atoms with Crippen molar-refractivity contribution in [2.24, 2.45) is 11.3 Å². The molecule has 0 aromatic heterocycles. The first-order valence-corrected chi connectivity index (χ1v) is 8.05. The molecule has 0 heterocycles. The van der Waals surface area contributed by atoms with Gasteiger partial charge in [0.25, 0.3) is 0 Å². The van der Waals surface area contributed by atoms with Crippen LogP contribution in [0.4, 0.5) is 0 Å². The van der Waals surface area contributed by atoms with Gasteiger partial charge >= 0.3 is 0 Å². The molecule has 1 atom stereocenters. The van der Waals surface area contributed by atoms with Crippen LogP contribution >= 0.6 is 0 Å². The van der Waals surface area contributed by atoms with Crippen LogP contribution in [0, 0.1) is 18.3 Å². The maximum Gasteiger partial charge on any atom is 0.00202 e. The molecule has 1 heteroatoms. The molecule has 1 rings (SSSR count). The van der Waals surface area contributed by atoms with E-state index in [0.717, 1.165) is 19.0 Å². The zero-order valence-corrected chi connectivity index (χ0v) is 14.3. The van der Waals surface area contributed by atoms with Gasteiger partial charge in [-0.3, -0.25) is 0 Å². The topological polar surface area (TPSA) is 12.0 Å². The van der Waals surface area contributed by atoms with Gasteiger partial charge in [0.15, 0.2) is 0 Å². The molecule has 114 valence electrons. The molecule has 0 bridgehead atoms. The van der Waals surface area contributed by atoms with Crippen molar-refractivity contribution in [2.45, 2.75) is 60.3 Å². The molecular formula is C19H33N. The molecular weight excluding hydrogens is 242 g/mol. The second kappa shape index (κ2) is 7.83. The van der Waals surface area contributed by atoms with Gasteiger partial charge in [-0.15, -0.1) is 0 Å². The maximum atomic E-state index is 3.63. The molecule has 0 saturated carbocycles. The highest BCUT2D eigenvalue weighted by Gasteiger charge is 2.16. The van der Waals surface area contributed by atoms with Crippen molar-refractivity contribution in [2.75, 3.05) is 13.1 Å². The molecule has 1 N–H and O–H groups in total. The smallest absolute Gasteiger partial charge is 0.00202 e. The lowest BCUT2D eigenvalue weighted by Crippen LogP contribution is -2.26. The average molecular weight is 275 g/mol. The Balaban J connectivity index is 2.65. The minimum absolute atomic E-state index is 0.418. The van der Waals surface area contributed by atoms with E-state index in [1.807, 2.05) is 0 Å². The molecule has 0 radical (unpaired) electrons. The average Bonchev–Trinajstić information content (AvgIpc) is 2.33. The Labute approximate surface area is 126 Å². The van der Waals surface area contributed by atoms with Crippen LogP contribution < -0.4 is 5.32 Å². The van der Waals surface area contributed by atoms with Gasteiger partial charge in [0.2, 0.25) is 0 Å². The molecule has 0 saturated heterocycles. The summed E-state index contributed by atoms with van der Waals surface area (Å²) in [6.45, 7) is 15.9. The lowest BCUT2D eigenvalue weighted by molar-refractivity contribution is 0.343. The summed E-state index contributed by atoms with van der Waals surface area (Å²) in [7, 11) is 0. The third kappa shape index (κ3) is 7.09. The summed E-state index contributed by atoms with van der Waals surface area (Å²) in [6, 6.07) is 9.09. The highest BCUT2D eigenvalue weighted by molar-refractivity contribution is 5.24. The molecule has 1 nitrogen and oxygen atoms in total. The third-order valence-corrected chi connectivity index (χ3v) is 3.73. The largest absolute Gasteiger partial charge is 0.316 e. The van der Waals surface area contributed by atoms with Gasteiger partial charge in [-0.05, 0) is 49.1 Å². The van der Waals surface area contributed by atoms with Crippen LogP contribution in [0.1, 0.15) is 64.5 Å². The first kappa shape index (κ1) is 17.2. The summed E-state index contributed by atoms with van der Waals surface area (Å²) < 4.78 is 0. The molecule has 0 aliphatic carbocycles. The van der Waals surface area contributed by atoms with Crippen LogP contribution in [-0.4, -0.2) is 13.1 Å². The second-order valence-electron chi connectivity index (χ2n) is 7.76. The number of nitrogens with one attached hydrogen (secondary N) is 1. The van der Waals surface area contributed by atoms with Crippen LogP contribution in [0.5, 0.6) is 0 Å². The predicted molar refractivity (Wildman–Crippen MR) is 90.3 cm³/mol. The number of aryl methyl sites for hydroxylation is 1. The first-order valence-electron chi connectivity index (χ1n) is 8.05.